The van der Waals surface area contributed by atoms with Crippen molar-refractivity contribution in [3.8, 4) is 0 Å². The molecule has 132 valence electrons. The first kappa shape index (κ1) is 19.9. The van der Waals surface area contributed by atoms with Gasteiger partial charge in [-0.3, -0.25) is 4.90 Å². The van der Waals surface area contributed by atoms with Crippen LogP contribution in [0, 0.1) is 11.3 Å². The number of hydrogen-bond acceptors (Lipinski definition) is 4. The van der Waals surface area contributed by atoms with E-state index in [2.05, 4.69) is 40.4 Å². The van der Waals surface area contributed by atoms with Crippen molar-refractivity contribution in [2.24, 2.45) is 11.3 Å². The van der Waals surface area contributed by atoms with Gasteiger partial charge in [0.1, 0.15) is 6.61 Å². The molecule has 1 aliphatic rings. The van der Waals surface area contributed by atoms with Crippen molar-refractivity contribution in [2.75, 3.05) is 19.8 Å². The number of aliphatic hydroxyl groups excluding tert-OH is 1. The average Bonchev–Trinajstić information content (AvgIpc) is 2.81. The maximum atomic E-state index is 12.5. The fourth-order valence-corrected chi connectivity index (χ4v) is 3.99. The highest BCUT2D eigenvalue weighted by Gasteiger charge is 2.51. The molecule has 0 aromatic carbocycles. The third-order valence-corrected chi connectivity index (χ3v) is 4.97. The first-order valence-corrected chi connectivity index (χ1v) is 11.0. The molecule has 1 N–H and O–H groups in total. The lowest BCUT2D eigenvalue weighted by atomic mass is 9.79. The van der Waals surface area contributed by atoms with Crippen LogP contribution in [0.2, 0.25) is 13.1 Å². The highest BCUT2D eigenvalue weighted by molar-refractivity contribution is 6.48. The summed E-state index contributed by atoms with van der Waals surface area (Å²) in [6.45, 7) is 14.9. The average molecular weight is 342 g/mol. The molecule has 0 unspecified atom stereocenters. The lowest BCUT2D eigenvalue weighted by Gasteiger charge is -2.37. The molecule has 1 saturated heterocycles. The second-order valence-corrected chi connectivity index (χ2v) is 9.67. The lowest BCUT2D eigenvalue weighted by Crippen LogP contribution is -2.50. The fourth-order valence-electron chi connectivity index (χ4n) is 2.87. The number of carbonyl (C=O) groups excluding carboxylic acids is 1. The Morgan fingerprint density at radius 1 is 1.48 bits per heavy atom. The Bertz CT molecular complexity index is 444. The summed E-state index contributed by atoms with van der Waals surface area (Å²) < 4.78 is 11.5. The zero-order valence-corrected chi connectivity index (χ0v) is 16.2. The van der Waals surface area contributed by atoms with Crippen LogP contribution in [0.1, 0.15) is 27.2 Å². The number of ether oxygens (including phenoxy) is 1. The van der Waals surface area contributed by atoms with Gasteiger partial charge < -0.3 is 14.3 Å². The maximum absolute atomic E-state index is 12.5. The molecule has 6 heteroatoms. The van der Waals surface area contributed by atoms with E-state index in [1.165, 1.54) is 0 Å². The van der Waals surface area contributed by atoms with Crippen molar-refractivity contribution in [1.29, 1.82) is 0 Å². The topological polar surface area (TPSA) is 59.0 Å². The van der Waals surface area contributed by atoms with Crippen LogP contribution in [0.5, 0.6) is 0 Å². The largest absolute Gasteiger partial charge is 0.445 e. The van der Waals surface area contributed by atoms with Crippen LogP contribution in [0.25, 0.3) is 0 Å². The summed E-state index contributed by atoms with van der Waals surface area (Å²) in [6.07, 6.45) is 5.34. The van der Waals surface area contributed by atoms with E-state index < -0.39 is 20.9 Å². The summed E-state index contributed by atoms with van der Waals surface area (Å²) in [5, 5.41) is 9.19. The predicted octanol–water partition coefficient (Wildman–Crippen LogP) is 2.92. The summed E-state index contributed by atoms with van der Waals surface area (Å²) in [6, 6.07) is 0. The summed E-state index contributed by atoms with van der Waals surface area (Å²) >= 11 is 0. The number of rotatable bonds is 6. The van der Waals surface area contributed by atoms with Crippen LogP contribution < -0.4 is 0 Å². The Balaban J connectivity index is 3.18. The van der Waals surface area contributed by atoms with Gasteiger partial charge in [-0.05, 0) is 30.5 Å². The molecule has 1 fully saturated rings. The van der Waals surface area contributed by atoms with Gasteiger partial charge in [-0.1, -0.05) is 39.5 Å². The highest BCUT2D eigenvalue weighted by Crippen LogP contribution is 2.44. The molecule has 2 atom stereocenters. The van der Waals surface area contributed by atoms with Gasteiger partial charge in [0.2, 0.25) is 0 Å². The quantitative estimate of drug-likeness (QED) is 0.596. The van der Waals surface area contributed by atoms with Crippen LogP contribution >= 0.6 is 0 Å². The van der Waals surface area contributed by atoms with Gasteiger partial charge >= 0.3 is 6.09 Å². The molecule has 5 nitrogen and oxygen atoms in total. The number of aliphatic hydroxyl groups is 1. The zero-order valence-electron chi connectivity index (χ0n) is 15.0. The smallest absolute Gasteiger partial charge is 0.412 e. The van der Waals surface area contributed by atoms with E-state index >= 15 is 0 Å². The predicted molar refractivity (Wildman–Crippen MR) is 94.7 cm³/mol. The molecule has 0 radical (unpaired) electrons. The third-order valence-electron chi connectivity index (χ3n) is 4.09. The van der Waals surface area contributed by atoms with E-state index in [1.54, 1.807) is 17.1 Å². The molecule has 0 saturated carbocycles. The van der Waals surface area contributed by atoms with Gasteiger partial charge in [-0.25, -0.2) is 4.79 Å². The van der Waals surface area contributed by atoms with Crippen LogP contribution in [0.3, 0.4) is 0 Å². The fraction of sp³-hybridized carbons (Fsp3) is 0.706. The number of amides is 1. The Morgan fingerprint density at radius 2 is 2.13 bits per heavy atom. The second-order valence-electron chi connectivity index (χ2n) is 7.34. The minimum absolute atomic E-state index is 0.0493. The standard InChI is InChI=1S/C17H31NO4Si/c1-7-11-21-15(20)18-13-14(16(2,3)4)12-17(18,9-8-10-19)22-23(5)6/h7-9,14,19,23H,1,10-13H2,2-6H3/b9-8+/t14-,17+/m0/s1. The SMILES string of the molecule is C=CCOC(=O)N1C[C@@H](C(C)(C)C)C[C@@]1(/C=C/CO)O[SiH](C)C. The summed E-state index contributed by atoms with van der Waals surface area (Å²) in [5.74, 6) is 0.287. The highest BCUT2D eigenvalue weighted by atomic mass is 28.3. The van der Waals surface area contributed by atoms with E-state index in [0.29, 0.717) is 13.0 Å². The lowest BCUT2D eigenvalue weighted by molar-refractivity contribution is -0.0135. The van der Waals surface area contributed by atoms with Crippen LogP contribution in [0.4, 0.5) is 4.79 Å². The second kappa shape index (κ2) is 8.12. The number of nitrogens with zero attached hydrogens (tertiary/aromatic N) is 1. The minimum Gasteiger partial charge on any atom is -0.445 e. The van der Waals surface area contributed by atoms with Crippen molar-refractivity contribution >= 4 is 15.1 Å². The first-order valence-electron chi connectivity index (χ1n) is 8.18. The van der Waals surface area contributed by atoms with Crippen molar-refractivity contribution < 1.29 is 19.1 Å². The molecule has 1 heterocycles. The molecule has 1 amide bonds. The molecule has 1 aliphatic heterocycles. The maximum Gasteiger partial charge on any atom is 0.412 e. The molecule has 1 rings (SSSR count). The zero-order chi connectivity index (χ0) is 17.7. The van der Waals surface area contributed by atoms with E-state index in [9.17, 15) is 9.90 Å². The van der Waals surface area contributed by atoms with Crippen molar-refractivity contribution in [1.82, 2.24) is 4.90 Å². The Kier molecular flexibility index (Phi) is 7.04. The minimum atomic E-state index is -1.42. The molecule has 23 heavy (non-hydrogen) atoms. The van der Waals surface area contributed by atoms with Crippen LogP contribution in [-0.2, 0) is 9.16 Å². The molecular weight excluding hydrogens is 310 g/mol. The monoisotopic (exact) mass is 341 g/mol. The van der Waals surface area contributed by atoms with Gasteiger partial charge in [0, 0.05) is 13.0 Å². The Hall–Kier alpha value is -1.11. The Labute approximate surface area is 141 Å². The van der Waals surface area contributed by atoms with Gasteiger partial charge in [0.25, 0.3) is 0 Å². The number of carbonyl (C=O) groups is 1. The number of likely N-dealkylation sites (tertiary alicyclic amines) is 1. The molecule has 0 bridgehead atoms. The van der Waals surface area contributed by atoms with Crippen molar-refractivity contribution in [2.45, 2.75) is 46.0 Å². The molecular formula is C17H31NO4Si. The van der Waals surface area contributed by atoms with Gasteiger partial charge in [0.15, 0.2) is 14.8 Å². The Morgan fingerprint density at radius 3 is 2.61 bits per heavy atom. The van der Waals surface area contributed by atoms with Crippen molar-refractivity contribution in [3.05, 3.63) is 24.8 Å². The summed E-state index contributed by atoms with van der Waals surface area (Å²) in [7, 11) is -1.42. The third kappa shape index (κ3) is 5.19. The summed E-state index contributed by atoms with van der Waals surface area (Å²) in [5.41, 5.74) is -0.771. The van der Waals surface area contributed by atoms with Gasteiger partial charge in [0.05, 0.1) is 6.61 Å². The first-order chi connectivity index (χ1) is 10.7. The van der Waals surface area contributed by atoms with Crippen LogP contribution in [-0.4, -0.2) is 50.6 Å². The van der Waals surface area contributed by atoms with E-state index in [-0.39, 0.29) is 24.5 Å². The number of hydrogen-bond donors (Lipinski definition) is 1. The van der Waals surface area contributed by atoms with E-state index in [4.69, 9.17) is 9.16 Å². The summed E-state index contributed by atoms with van der Waals surface area (Å²) in [4.78, 5) is 14.2. The van der Waals surface area contributed by atoms with Crippen LogP contribution in [0.15, 0.2) is 24.8 Å². The van der Waals surface area contributed by atoms with Crippen molar-refractivity contribution in [3.63, 3.8) is 0 Å². The van der Waals surface area contributed by atoms with E-state index in [1.807, 2.05) is 6.08 Å². The molecule has 0 aromatic rings. The molecule has 0 aromatic heterocycles. The molecule has 0 aliphatic carbocycles. The van der Waals surface area contributed by atoms with E-state index in [0.717, 1.165) is 0 Å². The van der Waals surface area contributed by atoms with Gasteiger partial charge in [-0.15, -0.1) is 0 Å². The molecule has 0 spiro atoms. The van der Waals surface area contributed by atoms with Gasteiger partial charge in [-0.2, -0.15) is 0 Å². The normalized spacial score (nSPS) is 25.3.